The smallest absolute Gasteiger partial charge is 0.270 e. The fourth-order valence-electron chi connectivity index (χ4n) is 5.71. The van der Waals surface area contributed by atoms with Crippen molar-refractivity contribution in [2.45, 2.75) is 12.6 Å². The number of carbonyl (C=O) groups excluding carboxylic acids is 2. The normalized spacial score (nSPS) is 18.4. The number of carbonyl (C=O) groups is 2. The van der Waals surface area contributed by atoms with Crippen molar-refractivity contribution in [3.05, 3.63) is 90.3 Å². The lowest BCUT2D eigenvalue weighted by atomic mass is 10.1. The highest BCUT2D eigenvalue weighted by Crippen LogP contribution is 2.24. The van der Waals surface area contributed by atoms with Crippen molar-refractivity contribution in [3.63, 3.8) is 0 Å². The second-order valence-electron chi connectivity index (χ2n) is 10.5. The average molecular weight is 539 g/mol. The van der Waals surface area contributed by atoms with Crippen molar-refractivity contribution >= 4 is 28.5 Å². The molecule has 6 rings (SSSR count). The number of aromatic amines is 1. The van der Waals surface area contributed by atoms with Crippen molar-refractivity contribution in [1.29, 1.82) is 0 Å². The second-order valence-corrected chi connectivity index (χ2v) is 10.5. The summed E-state index contributed by atoms with van der Waals surface area (Å²) >= 11 is 0. The van der Waals surface area contributed by atoms with Crippen molar-refractivity contribution in [3.8, 4) is 5.75 Å². The van der Waals surface area contributed by atoms with Gasteiger partial charge >= 0.3 is 0 Å². The number of fused-ring (bicyclic) bond motifs is 1. The molecule has 9 heteroatoms. The molecule has 1 atom stereocenters. The van der Waals surface area contributed by atoms with E-state index in [4.69, 9.17) is 4.74 Å². The Kier molecular flexibility index (Phi) is 7.37. The zero-order chi connectivity index (χ0) is 27.5. The van der Waals surface area contributed by atoms with Crippen LogP contribution in [0.2, 0.25) is 0 Å². The van der Waals surface area contributed by atoms with E-state index in [0.717, 1.165) is 54.2 Å². The van der Waals surface area contributed by atoms with Gasteiger partial charge in [0.2, 0.25) is 5.91 Å². The van der Waals surface area contributed by atoms with Crippen LogP contribution in [0.25, 0.3) is 10.9 Å². The number of aromatic nitrogens is 2. The van der Waals surface area contributed by atoms with Crippen LogP contribution in [0, 0.1) is 0 Å². The number of ether oxygens (including phenoxy) is 1. The molecule has 4 heterocycles. The second kappa shape index (κ2) is 11.4. The number of piperazine rings is 2. The van der Waals surface area contributed by atoms with E-state index < -0.39 is 0 Å². The number of pyridine rings is 1. The Balaban J connectivity index is 1.19. The van der Waals surface area contributed by atoms with E-state index in [1.54, 1.807) is 12.0 Å². The molecule has 0 spiro atoms. The Morgan fingerprint density at radius 3 is 2.55 bits per heavy atom. The molecule has 40 heavy (non-hydrogen) atoms. The van der Waals surface area contributed by atoms with Gasteiger partial charge < -0.3 is 24.4 Å². The van der Waals surface area contributed by atoms with E-state index in [9.17, 15) is 9.59 Å². The van der Waals surface area contributed by atoms with Crippen LogP contribution < -0.4 is 9.64 Å². The van der Waals surface area contributed by atoms with Crippen LogP contribution in [0.3, 0.4) is 0 Å². The number of methoxy groups -OCH3 is 1. The van der Waals surface area contributed by atoms with E-state index in [1.807, 2.05) is 83.9 Å². The molecule has 0 bridgehead atoms. The predicted octanol–water partition coefficient (Wildman–Crippen LogP) is 3.25. The molecule has 2 aromatic heterocycles. The van der Waals surface area contributed by atoms with E-state index in [1.165, 1.54) is 0 Å². The van der Waals surface area contributed by atoms with Gasteiger partial charge in [0, 0.05) is 62.9 Å². The molecule has 206 valence electrons. The summed E-state index contributed by atoms with van der Waals surface area (Å²) in [6.45, 7) is 5.28. The number of anilines is 1. The fourth-order valence-corrected chi connectivity index (χ4v) is 5.71. The van der Waals surface area contributed by atoms with Crippen LogP contribution in [-0.2, 0) is 11.3 Å². The van der Waals surface area contributed by atoms with Gasteiger partial charge in [-0.25, -0.2) is 4.98 Å². The molecule has 2 fully saturated rings. The van der Waals surface area contributed by atoms with Gasteiger partial charge in [-0.3, -0.25) is 14.5 Å². The Labute approximate surface area is 233 Å². The van der Waals surface area contributed by atoms with Crippen LogP contribution in [0.5, 0.6) is 5.75 Å². The molecular formula is C31H34N6O3. The number of nitrogens with zero attached hydrogens (tertiary/aromatic N) is 5. The number of H-pyrrole nitrogens is 1. The molecule has 2 aliphatic heterocycles. The minimum Gasteiger partial charge on any atom is -0.497 e. The van der Waals surface area contributed by atoms with Crippen molar-refractivity contribution in [2.75, 3.05) is 57.8 Å². The average Bonchev–Trinajstić information content (AvgIpc) is 3.43. The van der Waals surface area contributed by atoms with E-state index in [-0.39, 0.29) is 24.4 Å². The Morgan fingerprint density at radius 1 is 1.00 bits per heavy atom. The van der Waals surface area contributed by atoms with Crippen molar-refractivity contribution in [1.82, 2.24) is 24.7 Å². The third-order valence-electron chi connectivity index (χ3n) is 7.87. The maximum Gasteiger partial charge on any atom is 0.270 e. The van der Waals surface area contributed by atoms with Crippen LogP contribution >= 0.6 is 0 Å². The van der Waals surface area contributed by atoms with Crippen LogP contribution in [-0.4, -0.2) is 95.4 Å². The molecule has 2 aliphatic rings. The largest absolute Gasteiger partial charge is 0.497 e. The van der Waals surface area contributed by atoms with Crippen molar-refractivity contribution < 1.29 is 14.3 Å². The summed E-state index contributed by atoms with van der Waals surface area (Å²) in [5.74, 6) is 1.54. The standard InChI is InChI=1S/C31H34N6O3/c1-40-26-10-11-27-24(17-26)18-28(33-27)31(39)36-21-25(37(30(38)22-36)19-23-7-3-2-4-8-23)20-34-13-15-35(16-14-34)29-9-5-6-12-32-29/h2-12,17-18,25,33H,13-16,19-22H2,1H3/t25-/m0/s1. The molecule has 0 aliphatic carbocycles. The molecule has 2 amide bonds. The predicted molar refractivity (Wildman–Crippen MR) is 154 cm³/mol. The molecule has 0 radical (unpaired) electrons. The molecule has 0 saturated carbocycles. The lowest BCUT2D eigenvalue weighted by Crippen LogP contribution is -2.61. The lowest BCUT2D eigenvalue weighted by molar-refractivity contribution is -0.140. The van der Waals surface area contributed by atoms with Gasteiger partial charge in [-0.05, 0) is 42.0 Å². The summed E-state index contributed by atoms with van der Waals surface area (Å²) < 4.78 is 5.33. The van der Waals surface area contributed by atoms with E-state index >= 15 is 0 Å². The fraction of sp³-hybridized carbons (Fsp3) is 0.323. The maximum atomic E-state index is 13.6. The van der Waals surface area contributed by atoms with Gasteiger partial charge in [-0.1, -0.05) is 36.4 Å². The van der Waals surface area contributed by atoms with Crippen LogP contribution in [0.15, 0.2) is 79.0 Å². The Hall–Kier alpha value is -4.37. The van der Waals surface area contributed by atoms with Gasteiger partial charge in [0.05, 0.1) is 13.2 Å². The first-order chi connectivity index (χ1) is 19.6. The number of amides is 2. The third-order valence-corrected chi connectivity index (χ3v) is 7.87. The van der Waals surface area contributed by atoms with Gasteiger partial charge in [-0.15, -0.1) is 0 Å². The first kappa shape index (κ1) is 25.9. The molecule has 1 N–H and O–H groups in total. The zero-order valence-electron chi connectivity index (χ0n) is 22.7. The van der Waals surface area contributed by atoms with Gasteiger partial charge in [0.25, 0.3) is 5.91 Å². The Bertz CT molecular complexity index is 1470. The molecule has 0 unspecified atom stereocenters. The first-order valence-corrected chi connectivity index (χ1v) is 13.7. The number of nitrogens with one attached hydrogen (secondary N) is 1. The minimum absolute atomic E-state index is 0.0293. The number of benzene rings is 2. The zero-order valence-corrected chi connectivity index (χ0v) is 22.7. The van der Waals surface area contributed by atoms with E-state index in [2.05, 4.69) is 19.8 Å². The minimum atomic E-state index is -0.159. The monoisotopic (exact) mass is 538 g/mol. The third kappa shape index (κ3) is 5.51. The molecule has 4 aromatic rings. The Morgan fingerprint density at radius 2 is 1.80 bits per heavy atom. The summed E-state index contributed by atoms with van der Waals surface area (Å²) in [5, 5.41) is 0.902. The van der Waals surface area contributed by atoms with Crippen LogP contribution in [0.1, 0.15) is 16.1 Å². The van der Waals surface area contributed by atoms with Crippen LogP contribution in [0.4, 0.5) is 5.82 Å². The SMILES string of the molecule is COc1ccc2[nH]c(C(=O)N3CC(=O)N(Cc4ccccc4)[C@@H](CN4CCN(c5ccccn5)CC4)C3)cc2c1. The number of hydrogen-bond donors (Lipinski definition) is 1. The lowest BCUT2D eigenvalue weighted by Gasteiger charge is -2.44. The number of rotatable bonds is 7. The van der Waals surface area contributed by atoms with Crippen molar-refractivity contribution in [2.24, 2.45) is 0 Å². The topological polar surface area (TPSA) is 85.0 Å². The molecular weight excluding hydrogens is 504 g/mol. The molecule has 2 saturated heterocycles. The van der Waals surface area contributed by atoms with Gasteiger partial charge in [-0.2, -0.15) is 0 Å². The first-order valence-electron chi connectivity index (χ1n) is 13.7. The summed E-state index contributed by atoms with van der Waals surface area (Å²) in [7, 11) is 1.62. The molecule has 9 nitrogen and oxygen atoms in total. The highest BCUT2D eigenvalue weighted by molar-refractivity contribution is 6.00. The highest BCUT2D eigenvalue weighted by atomic mass is 16.5. The van der Waals surface area contributed by atoms with Gasteiger partial charge in [0.1, 0.15) is 23.8 Å². The summed E-state index contributed by atoms with van der Waals surface area (Å²) in [5.41, 5.74) is 2.43. The van der Waals surface area contributed by atoms with Gasteiger partial charge in [0.15, 0.2) is 0 Å². The summed E-state index contributed by atoms with van der Waals surface area (Å²) in [6.07, 6.45) is 1.83. The summed E-state index contributed by atoms with van der Waals surface area (Å²) in [6, 6.07) is 23.5. The quantitative estimate of drug-likeness (QED) is 0.389. The highest BCUT2D eigenvalue weighted by Gasteiger charge is 2.37. The molecule has 2 aromatic carbocycles. The maximum absolute atomic E-state index is 13.6. The summed E-state index contributed by atoms with van der Waals surface area (Å²) in [4.78, 5) is 43.3. The number of hydrogen-bond acceptors (Lipinski definition) is 6. The van der Waals surface area contributed by atoms with E-state index in [0.29, 0.717) is 25.3 Å².